The van der Waals surface area contributed by atoms with Crippen molar-refractivity contribution in [2.45, 2.75) is 142 Å². The summed E-state index contributed by atoms with van der Waals surface area (Å²) in [5.74, 6) is 0. The molecule has 4 nitrogen and oxygen atoms in total. The van der Waals surface area contributed by atoms with Crippen LogP contribution in [0.3, 0.4) is 0 Å². The molecule has 0 N–H and O–H groups in total. The lowest BCUT2D eigenvalue weighted by Gasteiger charge is -2.05. The highest BCUT2D eigenvalue weighted by Gasteiger charge is 2.07. The molecule has 0 aromatic rings. The summed E-state index contributed by atoms with van der Waals surface area (Å²) in [6.07, 6.45) is 24.9. The largest absolute Gasteiger partial charge is 0.567 e. The van der Waals surface area contributed by atoms with Crippen LogP contribution in [-0.2, 0) is 0 Å². The van der Waals surface area contributed by atoms with E-state index in [2.05, 4.69) is 13.8 Å². The van der Waals surface area contributed by atoms with Gasteiger partial charge in [0.15, 0.2) is 0 Å². The van der Waals surface area contributed by atoms with E-state index in [0.717, 1.165) is 25.7 Å². The third-order valence-electron chi connectivity index (χ3n) is 5.65. The molecule has 0 aromatic carbocycles. The second-order valence-electron chi connectivity index (χ2n) is 8.52. The van der Waals surface area contributed by atoms with E-state index in [1.54, 1.807) is 0 Å². The van der Waals surface area contributed by atoms with Gasteiger partial charge in [-0.2, -0.15) is 0 Å². The monoisotopic (exact) mass is 398 g/mol. The highest BCUT2D eigenvalue weighted by molar-refractivity contribution is 4.48. The Morgan fingerprint density at radius 3 is 0.821 bits per heavy atom. The van der Waals surface area contributed by atoms with Crippen molar-refractivity contribution in [2.75, 3.05) is 13.1 Å². The maximum atomic E-state index is 11.8. The molecule has 0 fully saturated rings. The Bertz CT molecular complexity index is 313. The molecule has 0 rings (SSSR count). The summed E-state index contributed by atoms with van der Waals surface area (Å²) >= 11 is 0. The molecule has 0 saturated heterocycles. The third-order valence-corrected chi connectivity index (χ3v) is 5.65. The Kier molecular flexibility index (Phi) is 21.8. The molecule has 0 aliphatic heterocycles. The molecule has 0 atom stereocenters. The minimum atomic E-state index is 0.359. The van der Waals surface area contributed by atoms with Gasteiger partial charge in [-0.15, -0.1) is 0 Å². The number of unbranched alkanes of at least 4 members (excludes halogenated alkanes) is 18. The topological polar surface area (TPSA) is 52.1 Å². The fourth-order valence-corrected chi connectivity index (χ4v) is 3.69. The quantitative estimate of drug-likeness (QED) is 0.0796. The first-order valence-corrected chi connectivity index (χ1v) is 12.6. The molecular formula is C24H50N2O2. The lowest BCUT2D eigenvalue weighted by Crippen LogP contribution is -2.19. The van der Waals surface area contributed by atoms with Crippen molar-refractivity contribution in [3.05, 3.63) is 10.4 Å². The number of nitrogens with zero attached hydrogens (tertiary/aromatic N) is 2. The van der Waals surface area contributed by atoms with E-state index in [9.17, 15) is 10.4 Å². The minimum absolute atomic E-state index is 0.359. The van der Waals surface area contributed by atoms with E-state index in [4.69, 9.17) is 0 Å². The van der Waals surface area contributed by atoms with E-state index in [-0.39, 0.29) is 0 Å². The first-order chi connectivity index (χ1) is 13.7. The predicted octanol–water partition coefficient (Wildman–Crippen LogP) is 8.30. The molecule has 0 aromatic heterocycles. The number of hydroxylamine groups is 2. The van der Waals surface area contributed by atoms with Crippen LogP contribution < -0.4 is 0 Å². The van der Waals surface area contributed by atoms with Crippen LogP contribution in [0.2, 0.25) is 0 Å². The Morgan fingerprint density at radius 1 is 0.357 bits per heavy atom. The van der Waals surface area contributed by atoms with Gasteiger partial charge in [-0.1, -0.05) is 117 Å². The first-order valence-electron chi connectivity index (χ1n) is 12.6. The van der Waals surface area contributed by atoms with Crippen molar-refractivity contribution >= 4 is 0 Å². The van der Waals surface area contributed by atoms with Crippen molar-refractivity contribution in [2.24, 2.45) is 0 Å². The van der Waals surface area contributed by atoms with Crippen LogP contribution >= 0.6 is 0 Å². The summed E-state index contributed by atoms with van der Waals surface area (Å²) in [6, 6.07) is 0. The Hall–Kier alpha value is -0.800. The summed E-state index contributed by atoms with van der Waals surface area (Å²) < 4.78 is 0. The summed E-state index contributed by atoms with van der Waals surface area (Å²) in [5.41, 5.74) is 0. The molecule has 28 heavy (non-hydrogen) atoms. The minimum Gasteiger partial charge on any atom is -0.567 e. The van der Waals surface area contributed by atoms with E-state index in [0.29, 0.717) is 22.8 Å². The van der Waals surface area contributed by atoms with Crippen LogP contribution in [0.5, 0.6) is 0 Å². The molecule has 0 saturated carbocycles. The van der Waals surface area contributed by atoms with Gasteiger partial charge in [-0.05, 0) is 12.8 Å². The number of hydrogen-bond acceptors (Lipinski definition) is 2. The second kappa shape index (κ2) is 22.5. The molecule has 0 aliphatic rings. The van der Waals surface area contributed by atoms with E-state index >= 15 is 0 Å². The average Bonchev–Trinajstić information content (AvgIpc) is 2.70. The lowest BCUT2D eigenvalue weighted by atomic mass is 10.1. The third kappa shape index (κ3) is 19.9. The summed E-state index contributed by atoms with van der Waals surface area (Å²) in [5, 5.41) is 23.6. The summed E-state index contributed by atoms with van der Waals surface area (Å²) in [4.78, 5) is 1.27. The molecule has 0 spiro atoms. The van der Waals surface area contributed by atoms with Gasteiger partial charge >= 0.3 is 0 Å². The predicted molar refractivity (Wildman–Crippen MR) is 121 cm³/mol. The normalized spacial score (nSPS) is 12.4. The lowest BCUT2D eigenvalue weighted by molar-refractivity contribution is -0.970. The van der Waals surface area contributed by atoms with E-state index in [1.165, 1.54) is 103 Å². The molecular weight excluding hydrogens is 348 g/mol. The number of azo groups is 1. The highest BCUT2D eigenvalue weighted by Crippen LogP contribution is 2.11. The van der Waals surface area contributed by atoms with E-state index < -0.39 is 0 Å². The Morgan fingerprint density at radius 2 is 0.571 bits per heavy atom. The van der Waals surface area contributed by atoms with Crippen LogP contribution in [0, 0.1) is 10.4 Å². The van der Waals surface area contributed by atoms with Crippen molar-refractivity contribution < 1.29 is 9.72 Å². The number of rotatable bonds is 22. The molecule has 0 aliphatic carbocycles. The van der Waals surface area contributed by atoms with Crippen LogP contribution in [0.25, 0.3) is 0 Å². The Balaban J connectivity index is 3.41. The molecule has 0 amide bonds. The molecule has 0 bridgehead atoms. The highest BCUT2D eigenvalue weighted by atomic mass is 16.6. The SMILES string of the molecule is CCCCCCCCCCCC/[N+]([O-])=[N+](\[O-])CCCCCCCCCCCC. The number of hydrogen-bond donors (Lipinski definition) is 0. The van der Waals surface area contributed by atoms with Gasteiger partial charge in [0.2, 0.25) is 13.1 Å². The van der Waals surface area contributed by atoms with Gasteiger partial charge in [0.25, 0.3) is 0 Å². The fourth-order valence-electron chi connectivity index (χ4n) is 3.69. The van der Waals surface area contributed by atoms with E-state index in [1.807, 2.05) is 0 Å². The maximum absolute atomic E-state index is 11.8. The van der Waals surface area contributed by atoms with Crippen LogP contribution in [0.4, 0.5) is 0 Å². The molecule has 0 heterocycles. The van der Waals surface area contributed by atoms with Crippen LogP contribution in [-0.4, -0.2) is 22.8 Å². The zero-order chi connectivity index (χ0) is 20.7. The average molecular weight is 399 g/mol. The van der Waals surface area contributed by atoms with Gasteiger partial charge < -0.3 is 10.4 Å². The molecule has 4 heteroatoms. The molecule has 0 radical (unpaired) electrons. The molecule has 168 valence electrons. The standard InChI is InChI=1S/C24H50N2O2/c1-3-5-7-9-11-13-15-17-19-21-23-25(27)26(28)24-22-20-18-16-14-12-10-8-6-4-2/h3-24H2,1-2H3/b26-25+. The summed E-state index contributed by atoms with van der Waals surface area (Å²) in [6.45, 7) is 5.22. The van der Waals surface area contributed by atoms with Gasteiger partial charge in [0.1, 0.15) is 0 Å². The zero-order valence-corrected chi connectivity index (χ0v) is 19.3. The van der Waals surface area contributed by atoms with Gasteiger partial charge in [0.05, 0.1) is 0 Å². The smallest absolute Gasteiger partial charge is 0.220 e. The van der Waals surface area contributed by atoms with Crippen molar-refractivity contribution in [1.82, 2.24) is 0 Å². The van der Waals surface area contributed by atoms with Crippen molar-refractivity contribution in [1.29, 1.82) is 0 Å². The molecule has 0 unspecified atom stereocenters. The first kappa shape index (κ1) is 27.2. The van der Waals surface area contributed by atoms with Crippen molar-refractivity contribution in [3.63, 3.8) is 0 Å². The summed E-state index contributed by atoms with van der Waals surface area (Å²) in [7, 11) is 0. The second-order valence-corrected chi connectivity index (χ2v) is 8.52. The fraction of sp³-hybridized carbons (Fsp3) is 1.00. The van der Waals surface area contributed by atoms with Gasteiger partial charge in [-0.3, -0.25) is 0 Å². The zero-order valence-electron chi connectivity index (χ0n) is 19.3. The maximum Gasteiger partial charge on any atom is 0.220 e. The van der Waals surface area contributed by atoms with Crippen LogP contribution in [0.15, 0.2) is 0 Å². The Labute approximate surface area is 175 Å². The van der Waals surface area contributed by atoms with Crippen molar-refractivity contribution in [3.8, 4) is 0 Å². The van der Waals surface area contributed by atoms with Crippen LogP contribution in [0.1, 0.15) is 142 Å². The van der Waals surface area contributed by atoms with Gasteiger partial charge in [-0.25, -0.2) is 0 Å². The van der Waals surface area contributed by atoms with Gasteiger partial charge in [0, 0.05) is 22.6 Å².